The van der Waals surface area contributed by atoms with E-state index in [4.69, 9.17) is 0 Å². The molecule has 1 aromatic heterocycles. The molecule has 0 atom stereocenters. The van der Waals surface area contributed by atoms with Crippen LogP contribution in [0, 0.1) is 12.0 Å². The second-order valence-electron chi connectivity index (χ2n) is 3.72. The maximum atomic E-state index is 12.8. The molecule has 1 heterocycles. The van der Waals surface area contributed by atoms with Gasteiger partial charge in [0.2, 0.25) is 0 Å². The van der Waals surface area contributed by atoms with E-state index < -0.39 is 0 Å². The van der Waals surface area contributed by atoms with Gasteiger partial charge in [0.1, 0.15) is 5.82 Å². The fourth-order valence-electron chi connectivity index (χ4n) is 1.80. The Morgan fingerprint density at radius 3 is 2.41 bits per heavy atom. The van der Waals surface area contributed by atoms with Crippen molar-refractivity contribution in [3.63, 3.8) is 0 Å². The number of aromatic nitrogens is 1. The maximum Gasteiger partial charge on any atom is 2.00 e. The third-order valence-electron chi connectivity index (χ3n) is 2.67. The van der Waals surface area contributed by atoms with Crippen molar-refractivity contribution in [1.29, 1.82) is 0 Å². The number of hydrogen-bond donors (Lipinski definition) is 1. The minimum absolute atomic E-state index is 0. The van der Waals surface area contributed by atoms with Crippen LogP contribution in [0.5, 0.6) is 0 Å². The number of aromatic amines is 1. The average Bonchev–Trinajstić information content (AvgIpc) is 2.77. The standard InChI is InChI=1S/C14H9FN.Zn/c15-13-5-3-10(4-6-13)12-2-1-11-7-8-16-14(11)9-12;/h1-7,9,16H;/q-1;+2. The molecule has 0 aliphatic heterocycles. The van der Waals surface area contributed by atoms with E-state index in [9.17, 15) is 4.39 Å². The van der Waals surface area contributed by atoms with Crippen LogP contribution in [0.2, 0.25) is 0 Å². The summed E-state index contributed by atoms with van der Waals surface area (Å²) in [7, 11) is 0. The zero-order valence-electron chi connectivity index (χ0n) is 9.20. The van der Waals surface area contributed by atoms with Gasteiger partial charge in [-0.1, -0.05) is 24.3 Å². The van der Waals surface area contributed by atoms with Gasteiger partial charge in [0.25, 0.3) is 0 Å². The molecule has 17 heavy (non-hydrogen) atoms. The van der Waals surface area contributed by atoms with Gasteiger partial charge in [0.15, 0.2) is 0 Å². The van der Waals surface area contributed by atoms with Gasteiger partial charge in [-0.15, -0.1) is 17.8 Å². The van der Waals surface area contributed by atoms with Crippen molar-refractivity contribution >= 4 is 10.9 Å². The first-order chi connectivity index (χ1) is 7.83. The van der Waals surface area contributed by atoms with Crippen molar-refractivity contribution in [2.45, 2.75) is 0 Å². The summed E-state index contributed by atoms with van der Waals surface area (Å²) < 4.78 is 12.8. The Kier molecular flexibility index (Phi) is 3.39. The number of fused-ring (bicyclic) bond motifs is 1. The van der Waals surface area contributed by atoms with Crippen LogP contribution in [0.25, 0.3) is 22.0 Å². The molecule has 78 valence electrons. The van der Waals surface area contributed by atoms with Crippen LogP contribution in [0.3, 0.4) is 0 Å². The molecule has 3 rings (SSSR count). The molecular weight excluding hydrogens is 267 g/mol. The third-order valence-corrected chi connectivity index (χ3v) is 2.67. The van der Waals surface area contributed by atoms with E-state index in [0.29, 0.717) is 0 Å². The number of hydrogen-bond acceptors (Lipinski definition) is 0. The van der Waals surface area contributed by atoms with E-state index in [1.165, 1.54) is 12.1 Å². The predicted molar refractivity (Wildman–Crippen MR) is 62.5 cm³/mol. The fourth-order valence-corrected chi connectivity index (χ4v) is 1.80. The molecule has 2 aromatic carbocycles. The summed E-state index contributed by atoms with van der Waals surface area (Å²) in [4.78, 5) is 3.04. The summed E-state index contributed by atoms with van der Waals surface area (Å²) in [6.07, 6.45) is 2.94. The van der Waals surface area contributed by atoms with E-state index in [2.05, 4.69) is 11.2 Å². The normalized spacial score (nSPS) is 10.2. The summed E-state index contributed by atoms with van der Waals surface area (Å²) in [5.74, 6) is -0.210. The number of H-pyrrole nitrogens is 1. The van der Waals surface area contributed by atoms with Crippen LogP contribution < -0.4 is 0 Å². The zero-order chi connectivity index (χ0) is 11.0. The Hall–Kier alpha value is -1.47. The van der Waals surface area contributed by atoms with Gasteiger partial charge in [-0.3, -0.25) is 0 Å². The van der Waals surface area contributed by atoms with Crippen molar-refractivity contribution in [3.8, 4) is 11.1 Å². The molecule has 0 aliphatic carbocycles. The summed E-state index contributed by atoms with van der Waals surface area (Å²) in [5, 5.41) is 1.13. The number of rotatable bonds is 1. The second-order valence-corrected chi connectivity index (χ2v) is 3.72. The van der Waals surface area contributed by atoms with Crippen LogP contribution in [0.1, 0.15) is 0 Å². The quantitative estimate of drug-likeness (QED) is 0.514. The third kappa shape index (κ3) is 2.30. The maximum absolute atomic E-state index is 12.8. The number of benzene rings is 2. The molecule has 0 radical (unpaired) electrons. The van der Waals surface area contributed by atoms with Gasteiger partial charge in [0.05, 0.1) is 0 Å². The van der Waals surface area contributed by atoms with Crippen molar-refractivity contribution < 1.29 is 23.9 Å². The Balaban J connectivity index is 0.00000108. The van der Waals surface area contributed by atoms with E-state index in [1.807, 2.05) is 24.3 Å². The smallest absolute Gasteiger partial charge is 0.477 e. The van der Waals surface area contributed by atoms with E-state index in [1.54, 1.807) is 12.1 Å². The minimum Gasteiger partial charge on any atom is -0.477 e. The molecule has 0 unspecified atom stereocenters. The molecule has 0 saturated carbocycles. The SMILES string of the molecule is Fc1ccc(-c2ccc3c[c-][nH]c3c2)cc1.[Zn+2]. The van der Waals surface area contributed by atoms with E-state index in [-0.39, 0.29) is 25.3 Å². The van der Waals surface area contributed by atoms with Crippen molar-refractivity contribution in [3.05, 3.63) is 60.5 Å². The first-order valence-corrected chi connectivity index (χ1v) is 5.08. The topological polar surface area (TPSA) is 15.8 Å². The molecule has 0 aliphatic rings. The van der Waals surface area contributed by atoms with Crippen LogP contribution in [0.15, 0.2) is 48.5 Å². The molecule has 0 fully saturated rings. The molecular formula is C14H9FNZn+. The Morgan fingerprint density at radius 1 is 0.941 bits per heavy atom. The summed E-state index contributed by atoms with van der Waals surface area (Å²) in [6.45, 7) is 0. The van der Waals surface area contributed by atoms with Crippen molar-refractivity contribution in [2.24, 2.45) is 0 Å². The molecule has 0 bridgehead atoms. The van der Waals surface area contributed by atoms with Gasteiger partial charge in [-0.05, 0) is 23.3 Å². The van der Waals surface area contributed by atoms with Gasteiger partial charge in [-0.2, -0.15) is 11.5 Å². The molecule has 3 aromatic rings. The molecule has 0 spiro atoms. The largest absolute Gasteiger partial charge is 2.00 e. The average molecular weight is 276 g/mol. The monoisotopic (exact) mass is 274 g/mol. The van der Waals surface area contributed by atoms with E-state index >= 15 is 0 Å². The van der Waals surface area contributed by atoms with Crippen LogP contribution >= 0.6 is 0 Å². The second kappa shape index (κ2) is 4.81. The summed E-state index contributed by atoms with van der Waals surface area (Å²) >= 11 is 0. The molecule has 0 saturated heterocycles. The van der Waals surface area contributed by atoms with E-state index in [0.717, 1.165) is 22.0 Å². The first-order valence-electron chi connectivity index (χ1n) is 5.08. The fraction of sp³-hybridized carbons (Fsp3) is 0. The van der Waals surface area contributed by atoms with Crippen LogP contribution in [-0.2, 0) is 19.5 Å². The Morgan fingerprint density at radius 2 is 1.65 bits per heavy atom. The molecule has 1 N–H and O–H groups in total. The minimum atomic E-state index is -0.210. The summed E-state index contributed by atoms with van der Waals surface area (Å²) in [6, 6.07) is 14.5. The van der Waals surface area contributed by atoms with Crippen LogP contribution in [-0.4, -0.2) is 4.98 Å². The Labute approximate surface area is 111 Å². The number of halogens is 1. The molecule has 3 heteroatoms. The zero-order valence-corrected chi connectivity index (χ0v) is 12.2. The predicted octanol–water partition coefficient (Wildman–Crippen LogP) is 3.77. The summed E-state index contributed by atoms with van der Waals surface area (Å²) in [5.41, 5.74) is 3.13. The van der Waals surface area contributed by atoms with Crippen molar-refractivity contribution in [2.75, 3.05) is 0 Å². The van der Waals surface area contributed by atoms with Gasteiger partial charge in [0, 0.05) is 0 Å². The van der Waals surface area contributed by atoms with Gasteiger partial charge in [-0.25, -0.2) is 4.39 Å². The first kappa shape index (κ1) is 12.0. The van der Waals surface area contributed by atoms with Gasteiger partial charge < -0.3 is 4.98 Å². The molecule has 1 nitrogen and oxygen atoms in total. The van der Waals surface area contributed by atoms with Gasteiger partial charge >= 0.3 is 19.5 Å². The number of nitrogens with one attached hydrogen (secondary N) is 1. The van der Waals surface area contributed by atoms with Crippen LogP contribution in [0.4, 0.5) is 4.39 Å². The Bertz CT molecular complexity index is 628. The molecule has 0 amide bonds. The van der Waals surface area contributed by atoms with Crippen molar-refractivity contribution in [1.82, 2.24) is 4.98 Å².